The van der Waals surface area contributed by atoms with E-state index < -0.39 is 0 Å². The molecule has 1 heterocycles. The largest absolute Gasteiger partial charge is 0.507 e. The number of phenolic OH excluding ortho intramolecular Hbond substituents is 1. The van der Waals surface area contributed by atoms with Gasteiger partial charge in [-0.2, -0.15) is 0 Å². The minimum atomic E-state index is 0.249. The molecule has 0 bridgehead atoms. The zero-order valence-corrected chi connectivity index (χ0v) is 12.1. The van der Waals surface area contributed by atoms with Crippen LogP contribution in [0.4, 0.5) is 0 Å². The van der Waals surface area contributed by atoms with Gasteiger partial charge in [0.1, 0.15) is 5.75 Å². The number of H-pyrrole nitrogens is 1. The number of aromatic amines is 1. The van der Waals surface area contributed by atoms with Crippen molar-refractivity contribution >= 4 is 17.1 Å². The van der Waals surface area contributed by atoms with Gasteiger partial charge in [0.2, 0.25) is 0 Å². The Morgan fingerprint density at radius 3 is 2.80 bits per heavy atom. The minimum absolute atomic E-state index is 0.249. The van der Waals surface area contributed by atoms with E-state index in [0.29, 0.717) is 6.04 Å². The van der Waals surface area contributed by atoms with E-state index in [4.69, 9.17) is 5.21 Å². The van der Waals surface area contributed by atoms with Crippen LogP contribution < -0.4 is 0 Å². The third-order valence-electron chi connectivity index (χ3n) is 3.74. The third-order valence-corrected chi connectivity index (χ3v) is 3.74. The molecule has 0 saturated carbocycles. The molecule has 3 N–H and O–H groups in total. The van der Waals surface area contributed by atoms with E-state index in [1.807, 2.05) is 6.20 Å². The zero-order valence-electron chi connectivity index (χ0n) is 12.1. The smallest absolute Gasteiger partial charge is 0.125 e. The summed E-state index contributed by atoms with van der Waals surface area (Å²) in [5, 5.41) is 22.6. The van der Waals surface area contributed by atoms with Gasteiger partial charge in [0.15, 0.2) is 0 Å². The highest BCUT2D eigenvalue weighted by Gasteiger charge is 2.12. The fraction of sp³-hybridized carbons (Fsp3) is 0.400. The normalized spacial score (nSPS) is 12.2. The number of likely N-dealkylation sites (N-methyl/N-ethyl adjacent to an activating group) is 1. The van der Waals surface area contributed by atoms with Gasteiger partial charge in [0.25, 0.3) is 0 Å². The van der Waals surface area contributed by atoms with Crippen molar-refractivity contribution in [2.45, 2.75) is 26.3 Å². The van der Waals surface area contributed by atoms with Gasteiger partial charge in [-0.25, -0.2) is 0 Å². The van der Waals surface area contributed by atoms with E-state index in [-0.39, 0.29) is 5.75 Å². The summed E-state index contributed by atoms with van der Waals surface area (Å²) in [5.41, 5.74) is 2.62. The van der Waals surface area contributed by atoms with Crippen molar-refractivity contribution < 1.29 is 10.3 Å². The van der Waals surface area contributed by atoms with Crippen molar-refractivity contribution in [1.29, 1.82) is 0 Å². The van der Waals surface area contributed by atoms with Crippen LogP contribution in [0.1, 0.15) is 25.0 Å². The van der Waals surface area contributed by atoms with Gasteiger partial charge in [-0.1, -0.05) is 5.16 Å². The van der Waals surface area contributed by atoms with E-state index in [0.717, 1.165) is 35.0 Å². The fourth-order valence-corrected chi connectivity index (χ4v) is 2.24. The molecule has 0 saturated heterocycles. The Morgan fingerprint density at radius 1 is 1.40 bits per heavy atom. The monoisotopic (exact) mass is 275 g/mol. The summed E-state index contributed by atoms with van der Waals surface area (Å²) in [4.78, 5) is 5.41. The molecule has 1 aromatic carbocycles. The average molecular weight is 275 g/mol. The maximum atomic E-state index is 10.1. The van der Waals surface area contributed by atoms with Crippen LogP contribution in [0.25, 0.3) is 10.9 Å². The first-order chi connectivity index (χ1) is 9.54. The zero-order chi connectivity index (χ0) is 14.7. The van der Waals surface area contributed by atoms with Crippen LogP contribution in [-0.2, 0) is 6.42 Å². The Hall–Kier alpha value is -2.01. The third kappa shape index (κ3) is 2.77. The molecule has 0 aliphatic carbocycles. The number of hydrogen-bond donors (Lipinski definition) is 3. The topological polar surface area (TPSA) is 71.9 Å². The summed E-state index contributed by atoms with van der Waals surface area (Å²) in [6, 6.07) is 3.84. The van der Waals surface area contributed by atoms with Crippen LogP contribution in [-0.4, -0.2) is 46.0 Å². The maximum absolute atomic E-state index is 10.1. The second-order valence-corrected chi connectivity index (χ2v) is 5.31. The fourth-order valence-electron chi connectivity index (χ4n) is 2.24. The van der Waals surface area contributed by atoms with Crippen molar-refractivity contribution in [3.8, 4) is 5.75 Å². The van der Waals surface area contributed by atoms with Crippen molar-refractivity contribution in [3.05, 3.63) is 29.5 Å². The lowest BCUT2D eigenvalue weighted by molar-refractivity contribution is 0.278. The number of phenols is 1. The van der Waals surface area contributed by atoms with Gasteiger partial charge in [0, 0.05) is 29.7 Å². The first-order valence-corrected chi connectivity index (χ1v) is 6.74. The highest BCUT2D eigenvalue weighted by molar-refractivity contribution is 6.01. The maximum Gasteiger partial charge on any atom is 0.125 e. The second-order valence-electron chi connectivity index (χ2n) is 5.31. The van der Waals surface area contributed by atoms with Crippen LogP contribution in [0.5, 0.6) is 5.75 Å². The predicted molar refractivity (Wildman–Crippen MR) is 80.8 cm³/mol. The number of fused-ring (bicyclic) bond motifs is 1. The molecule has 5 nitrogen and oxygen atoms in total. The van der Waals surface area contributed by atoms with Crippen LogP contribution in [0.15, 0.2) is 23.5 Å². The van der Waals surface area contributed by atoms with Crippen LogP contribution in [0.3, 0.4) is 0 Å². The van der Waals surface area contributed by atoms with Crippen LogP contribution >= 0.6 is 0 Å². The predicted octanol–water partition coefficient (Wildman–Crippen LogP) is 2.56. The summed E-state index contributed by atoms with van der Waals surface area (Å²) < 4.78 is 0. The Bertz CT molecular complexity index is 617. The number of nitrogens with zero attached hydrogens (tertiary/aromatic N) is 2. The lowest BCUT2D eigenvalue weighted by Gasteiger charge is -2.20. The standard InChI is InChI=1S/C15H21N3O2/c1-10(2)18(3)7-6-11-8-16-15-12(9-17-20)4-5-13(19)14(11)15/h4-5,8-10,16,19-20H,6-7H2,1-3H3. The molecule has 2 aromatic rings. The molecule has 0 spiro atoms. The SMILES string of the molecule is CC(C)N(C)CCc1c[nH]c2c(C=NO)ccc(O)c12. The van der Waals surface area contributed by atoms with Crippen molar-refractivity contribution in [1.82, 2.24) is 9.88 Å². The van der Waals surface area contributed by atoms with Gasteiger partial charge >= 0.3 is 0 Å². The molecular weight excluding hydrogens is 254 g/mol. The molecule has 5 heteroatoms. The molecule has 108 valence electrons. The number of benzene rings is 1. The summed E-state index contributed by atoms with van der Waals surface area (Å²) in [6.45, 7) is 5.23. The van der Waals surface area contributed by atoms with Crippen molar-refractivity contribution in [2.24, 2.45) is 5.16 Å². The van der Waals surface area contributed by atoms with Crippen LogP contribution in [0.2, 0.25) is 0 Å². The molecule has 0 fully saturated rings. The molecule has 0 aliphatic heterocycles. The molecular formula is C15H21N3O2. The highest BCUT2D eigenvalue weighted by atomic mass is 16.4. The summed E-state index contributed by atoms with van der Waals surface area (Å²) >= 11 is 0. The van der Waals surface area contributed by atoms with Gasteiger partial charge in [-0.05, 0) is 45.0 Å². The van der Waals surface area contributed by atoms with E-state index >= 15 is 0 Å². The number of hydrogen-bond acceptors (Lipinski definition) is 4. The number of oxime groups is 1. The Morgan fingerprint density at radius 2 is 2.15 bits per heavy atom. The first-order valence-electron chi connectivity index (χ1n) is 6.74. The van der Waals surface area contributed by atoms with E-state index in [1.54, 1.807) is 12.1 Å². The molecule has 2 rings (SSSR count). The molecule has 1 aromatic heterocycles. The van der Waals surface area contributed by atoms with Gasteiger partial charge < -0.3 is 20.2 Å². The molecule has 20 heavy (non-hydrogen) atoms. The molecule has 0 radical (unpaired) electrons. The first kappa shape index (κ1) is 14.4. The van der Waals surface area contributed by atoms with E-state index in [2.05, 4.69) is 35.9 Å². The summed E-state index contributed by atoms with van der Waals surface area (Å²) in [6.07, 6.45) is 4.12. The lowest BCUT2D eigenvalue weighted by Crippen LogP contribution is -2.28. The number of aromatic hydroxyl groups is 1. The van der Waals surface area contributed by atoms with Crippen molar-refractivity contribution in [2.75, 3.05) is 13.6 Å². The lowest BCUT2D eigenvalue weighted by atomic mass is 10.1. The van der Waals surface area contributed by atoms with E-state index in [9.17, 15) is 5.11 Å². The summed E-state index contributed by atoms with van der Waals surface area (Å²) in [5.74, 6) is 0.249. The number of rotatable bonds is 5. The number of aromatic nitrogens is 1. The van der Waals surface area contributed by atoms with Gasteiger partial charge in [-0.15, -0.1) is 0 Å². The van der Waals surface area contributed by atoms with Crippen molar-refractivity contribution in [3.63, 3.8) is 0 Å². The quantitative estimate of drug-likeness (QED) is 0.446. The van der Waals surface area contributed by atoms with E-state index in [1.165, 1.54) is 6.21 Å². The number of nitrogens with one attached hydrogen (secondary N) is 1. The Labute approximate surface area is 118 Å². The summed E-state index contributed by atoms with van der Waals surface area (Å²) in [7, 11) is 2.09. The Kier molecular flexibility index (Phi) is 4.29. The van der Waals surface area contributed by atoms with Gasteiger partial charge in [0.05, 0.1) is 11.7 Å². The molecule has 0 amide bonds. The second kappa shape index (κ2) is 5.96. The molecule has 0 unspecified atom stereocenters. The average Bonchev–Trinajstić information content (AvgIpc) is 2.84. The Balaban J connectivity index is 2.33. The minimum Gasteiger partial charge on any atom is -0.507 e. The van der Waals surface area contributed by atoms with Gasteiger partial charge in [-0.3, -0.25) is 0 Å². The molecule has 0 atom stereocenters. The van der Waals surface area contributed by atoms with Crippen LogP contribution in [0, 0.1) is 0 Å². The highest BCUT2D eigenvalue weighted by Crippen LogP contribution is 2.30. The molecule has 0 aliphatic rings.